The second-order valence-electron chi connectivity index (χ2n) is 4.97. The van der Waals surface area contributed by atoms with Gasteiger partial charge in [0.2, 0.25) is 5.91 Å². The van der Waals surface area contributed by atoms with Gasteiger partial charge in [0.15, 0.2) is 11.5 Å². The van der Waals surface area contributed by atoms with Crippen molar-refractivity contribution >= 4 is 28.5 Å². The van der Waals surface area contributed by atoms with Crippen molar-refractivity contribution in [3.8, 4) is 11.5 Å². The van der Waals surface area contributed by atoms with E-state index in [1.165, 1.54) is 5.56 Å². The zero-order chi connectivity index (χ0) is 14.7. The first kappa shape index (κ1) is 15.4. The van der Waals surface area contributed by atoms with Crippen LogP contribution < -0.4 is 9.47 Å². The predicted octanol–water partition coefficient (Wildman–Crippen LogP) is 2.63. The minimum atomic E-state index is -0.0241. The summed E-state index contributed by atoms with van der Waals surface area (Å²) >= 11 is 2.33. The molecule has 1 amide bonds. The predicted molar refractivity (Wildman–Crippen MR) is 87.1 cm³/mol. The number of hydrogen-bond acceptors (Lipinski definition) is 3. The van der Waals surface area contributed by atoms with Gasteiger partial charge < -0.3 is 14.4 Å². The Hall–Kier alpha value is -0.980. The van der Waals surface area contributed by atoms with E-state index in [2.05, 4.69) is 22.6 Å². The Labute approximate surface area is 133 Å². The number of likely N-dealkylation sites (N-methyl/N-ethyl adjacent to an activating group) is 1. The molecule has 1 atom stereocenters. The number of benzene rings is 1. The Kier molecular flexibility index (Phi) is 5.12. The summed E-state index contributed by atoms with van der Waals surface area (Å²) in [4.78, 5) is 14.2. The van der Waals surface area contributed by atoms with Gasteiger partial charge in [-0.05, 0) is 36.1 Å². The van der Waals surface area contributed by atoms with Crippen molar-refractivity contribution in [3.05, 3.63) is 23.3 Å². The van der Waals surface area contributed by atoms with Gasteiger partial charge in [-0.3, -0.25) is 4.79 Å². The van der Waals surface area contributed by atoms with Crippen LogP contribution in [0.2, 0.25) is 0 Å². The lowest BCUT2D eigenvalue weighted by molar-refractivity contribution is -0.132. The molecule has 0 N–H and O–H groups in total. The minimum absolute atomic E-state index is 0.0241. The first-order chi connectivity index (χ1) is 9.62. The van der Waals surface area contributed by atoms with Crippen LogP contribution in [0.5, 0.6) is 11.5 Å². The van der Waals surface area contributed by atoms with Crippen molar-refractivity contribution in [1.82, 2.24) is 4.90 Å². The molecule has 2 rings (SSSR count). The van der Waals surface area contributed by atoms with Crippen molar-refractivity contribution in [2.75, 3.05) is 32.2 Å². The largest absolute Gasteiger partial charge is 0.493 e. The number of carbonyl (C=O) groups is 1. The van der Waals surface area contributed by atoms with E-state index in [-0.39, 0.29) is 11.8 Å². The highest BCUT2D eigenvalue weighted by Crippen LogP contribution is 2.43. The molecule has 1 aromatic rings. The maximum absolute atomic E-state index is 12.4. The number of amides is 1. The van der Waals surface area contributed by atoms with E-state index in [9.17, 15) is 4.79 Å². The smallest absolute Gasteiger partial charge is 0.230 e. The lowest BCUT2D eigenvalue weighted by atomic mass is 9.76. The second-order valence-corrected chi connectivity index (χ2v) is 6.04. The molecular formula is C15H20INO3. The second kappa shape index (κ2) is 6.65. The lowest BCUT2D eigenvalue weighted by Crippen LogP contribution is -2.37. The van der Waals surface area contributed by atoms with Gasteiger partial charge in [-0.15, -0.1) is 0 Å². The fourth-order valence-corrected chi connectivity index (χ4v) is 2.87. The van der Waals surface area contributed by atoms with Gasteiger partial charge in [0, 0.05) is 18.0 Å². The summed E-state index contributed by atoms with van der Waals surface area (Å²) in [5, 5.41) is 0. The molecule has 0 radical (unpaired) electrons. The van der Waals surface area contributed by atoms with Crippen molar-refractivity contribution < 1.29 is 14.3 Å². The van der Waals surface area contributed by atoms with E-state index < -0.39 is 0 Å². The van der Waals surface area contributed by atoms with Crippen LogP contribution in [0.3, 0.4) is 0 Å². The lowest BCUT2D eigenvalue weighted by Gasteiger charge is -2.33. The average Bonchev–Trinajstić information content (AvgIpc) is 2.45. The van der Waals surface area contributed by atoms with Crippen LogP contribution in [-0.4, -0.2) is 43.0 Å². The topological polar surface area (TPSA) is 38.8 Å². The Morgan fingerprint density at radius 3 is 2.60 bits per heavy atom. The highest BCUT2D eigenvalue weighted by atomic mass is 127. The third-order valence-electron chi connectivity index (χ3n) is 3.75. The summed E-state index contributed by atoms with van der Waals surface area (Å²) < 4.78 is 11.7. The molecule has 0 fully saturated rings. The molecule has 0 unspecified atom stereocenters. The molecule has 4 nitrogen and oxygen atoms in total. The third kappa shape index (κ3) is 2.87. The third-order valence-corrected chi connectivity index (χ3v) is 4.51. The van der Waals surface area contributed by atoms with Crippen molar-refractivity contribution in [2.45, 2.75) is 18.8 Å². The fraction of sp³-hybridized carbons (Fsp3) is 0.533. The first-order valence-electron chi connectivity index (χ1n) is 6.68. The molecule has 0 bridgehead atoms. The summed E-state index contributed by atoms with van der Waals surface area (Å²) in [6, 6.07) is 3.91. The molecule has 0 heterocycles. The Morgan fingerprint density at radius 1 is 1.35 bits per heavy atom. The molecule has 0 saturated carbocycles. The summed E-state index contributed by atoms with van der Waals surface area (Å²) in [6.45, 7) is 0.820. The highest BCUT2D eigenvalue weighted by Gasteiger charge is 2.35. The number of rotatable bonds is 6. The van der Waals surface area contributed by atoms with Crippen LogP contribution in [0.15, 0.2) is 12.1 Å². The van der Waals surface area contributed by atoms with Crippen LogP contribution in [-0.2, 0) is 11.2 Å². The molecule has 20 heavy (non-hydrogen) atoms. The molecular weight excluding hydrogens is 369 g/mol. The van der Waals surface area contributed by atoms with Crippen molar-refractivity contribution in [3.63, 3.8) is 0 Å². The van der Waals surface area contributed by atoms with E-state index in [1.54, 1.807) is 14.2 Å². The molecule has 1 aliphatic carbocycles. The monoisotopic (exact) mass is 389 g/mol. The van der Waals surface area contributed by atoms with Gasteiger partial charge in [0.05, 0.1) is 20.1 Å². The number of halogens is 1. The van der Waals surface area contributed by atoms with Gasteiger partial charge in [-0.25, -0.2) is 0 Å². The standard InChI is InChI=1S/C15H20INO3/c1-17(6-4-5-16)15(18)12-7-10-8-13(19-2)14(20-3)9-11(10)12/h8-9,12H,4-7H2,1-3H3/t12-/m0/s1. The number of ether oxygens (including phenoxy) is 2. The number of hydrogen-bond donors (Lipinski definition) is 0. The zero-order valence-electron chi connectivity index (χ0n) is 12.1. The van der Waals surface area contributed by atoms with Gasteiger partial charge >= 0.3 is 0 Å². The maximum atomic E-state index is 12.4. The molecule has 0 aromatic heterocycles. The molecule has 110 valence electrons. The van der Waals surface area contributed by atoms with Crippen molar-refractivity contribution in [1.29, 1.82) is 0 Å². The molecule has 1 aliphatic rings. The number of carbonyl (C=O) groups excluding carboxylic acids is 1. The Balaban J connectivity index is 2.14. The van der Waals surface area contributed by atoms with Crippen LogP contribution in [0, 0.1) is 0 Å². The van der Waals surface area contributed by atoms with E-state index in [4.69, 9.17) is 9.47 Å². The molecule has 1 aromatic carbocycles. The summed E-state index contributed by atoms with van der Waals surface area (Å²) in [7, 11) is 5.13. The van der Waals surface area contributed by atoms with E-state index in [0.717, 1.165) is 35.1 Å². The average molecular weight is 389 g/mol. The van der Waals surface area contributed by atoms with E-state index in [1.807, 2.05) is 24.1 Å². The molecule has 0 spiro atoms. The SMILES string of the molecule is COc1cc2c(cc1OC)[C@@H](C(=O)N(C)CCCI)C2. The number of fused-ring (bicyclic) bond motifs is 1. The van der Waals surface area contributed by atoms with Gasteiger partial charge in [0.25, 0.3) is 0 Å². The Morgan fingerprint density at radius 2 is 2.00 bits per heavy atom. The van der Waals surface area contributed by atoms with E-state index in [0.29, 0.717) is 5.75 Å². The van der Waals surface area contributed by atoms with Crippen LogP contribution >= 0.6 is 22.6 Å². The van der Waals surface area contributed by atoms with Gasteiger partial charge in [0.1, 0.15) is 0 Å². The maximum Gasteiger partial charge on any atom is 0.230 e. The molecule has 0 aliphatic heterocycles. The number of methoxy groups -OCH3 is 2. The molecule has 0 saturated heterocycles. The minimum Gasteiger partial charge on any atom is -0.493 e. The fourth-order valence-electron chi connectivity index (χ4n) is 2.53. The van der Waals surface area contributed by atoms with E-state index >= 15 is 0 Å². The zero-order valence-corrected chi connectivity index (χ0v) is 14.3. The molecule has 5 heteroatoms. The normalized spacial score (nSPS) is 16.1. The summed E-state index contributed by atoms with van der Waals surface area (Å²) in [5.74, 6) is 1.60. The first-order valence-corrected chi connectivity index (χ1v) is 8.20. The van der Waals surface area contributed by atoms with Gasteiger partial charge in [-0.2, -0.15) is 0 Å². The number of alkyl halides is 1. The Bertz CT molecular complexity index is 504. The summed E-state index contributed by atoms with van der Waals surface area (Å²) in [5.41, 5.74) is 2.26. The van der Waals surface area contributed by atoms with Crippen LogP contribution in [0.1, 0.15) is 23.5 Å². The van der Waals surface area contributed by atoms with Crippen LogP contribution in [0.4, 0.5) is 0 Å². The number of nitrogens with zero attached hydrogens (tertiary/aromatic N) is 1. The van der Waals surface area contributed by atoms with Gasteiger partial charge in [-0.1, -0.05) is 22.6 Å². The highest BCUT2D eigenvalue weighted by molar-refractivity contribution is 14.1. The quantitative estimate of drug-likeness (QED) is 0.555. The summed E-state index contributed by atoms with van der Waals surface area (Å²) in [6.07, 6.45) is 1.83. The van der Waals surface area contributed by atoms with Crippen molar-refractivity contribution in [2.24, 2.45) is 0 Å². The van der Waals surface area contributed by atoms with Crippen LogP contribution in [0.25, 0.3) is 0 Å².